The fourth-order valence-corrected chi connectivity index (χ4v) is 2.23. The number of phenolic OH excluding ortho intramolecular Hbond substituents is 1. The summed E-state index contributed by atoms with van der Waals surface area (Å²) >= 11 is 0. The summed E-state index contributed by atoms with van der Waals surface area (Å²) in [6, 6.07) is 5.83. The monoisotopic (exact) mass is 204 g/mol. The topological polar surface area (TPSA) is 23.5 Å². The van der Waals surface area contributed by atoms with Crippen molar-refractivity contribution in [1.29, 1.82) is 0 Å². The molecule has 0 amide bonds. The molecule has 1 aliphatic heterocycles. The number of nitrogens with zero attached hydrogens (tertiary/aromatic N) is 1. The van der Waals surface area contributed by atoms with Crippen molar-refractivity contribution < 1.29 is 5.11 Å². The summed E-state index contributed by atoms with van der Waals surface area (Å²) in [5, 5.41) is 9.70. The smallest absolute Gasteiger partial charge is 0.119 e. The van der Waals surface area contributed by atoms with Crippen molar-refractivity contribution in [1.82, 2.24) is 4.90 Å². The molecule has 1 heterocycles. The zero-order chi connectivity index (χ0) is 10.8. The Hall–Kier alpha value is -1.02. The quantitative estimate of drug-likeness (QED) is 0.799. The van der Waals surface area contributed by atoms with Crippen LogP contribution in [0.15, 0.2) is 18.2 Å². The van der Waals surface area contributed by atoms with Crippen molar-refractivity contribution in [3.63, 3.8) is 0 Å². The SMILES string of the molecule is C[C](C)CN1CCc2c(O)cccc2C1. The first kappa shape index (κ1) is 10.5. The van der Waals surface area contributed by atoms with E-state index >= 15 is 0 Å². The lowest BCUT2D eigenvalue weighted by Gasteiger charge is -2.30. The van der Waals surface area contributed by atoms with Gasteiger partial charge in [0.1, 0.15) is 5.75 Å². The average molecular weight is 204 g/mol. The minimum absolute atomic E-state index is 0.462. The predicted molar refractivity (Wildman–Crippen MR) is 61.7 cm³/mol. The molecule has 0 aliphatic carbocycles. The van der Waals surface area contributed by atoms with Crippen molar-refractivity contribution in [2.24, 2.45) is 0 Å². The van der Waals surface area contributed by atoms with Gasteiger partial charge in [0.2, 0.25) is 0 Å². The van der Waals surface area contributed by atoms with E-state index in [0.29, 0.717) is 5.75 Å². The normalized spacial score (nSPS) is 16.7. The van der Waals surface area contributed by atoms with Crippen LogP contribution in [0.25, 0.3) is 0 Å². The fourth-order valence-electron chi connectivity index (χ4n) is 2.23. The van der Waals surface area contributed by atoms with Gasteiger partial charge in [0.05, 0.1) is 0 Å². The van der Waals surface area contributed by atoms with Crippen molar-refractivity contribution in [3.05, 3.63) is 35.2 Å². The van der Waals surface area contributed by atoms with Crippen LogP contribution in [-0.4, -0.2) is 23.1 Å². The third kappa shape index (κ3) is 2.32. The number of hydrogen-bond acceptors (Lipinski definition) is 2. The molecule has 1 N–H and O–H groups in total. The Morgan fingerprint density at radius 2 is 2.20 bits per heavy atom. The van der Waals surface area contributed by atoms with Gasteiger partial charge in [-0.25, -0.2) is 0 Å². The maximum atomic E-state index is 9.70. The van der Waals surface area contributed by atoms with Gasteiger partial charge in [-0.3, -0.25) is 4.90 Å². The van der Waals surface area contributed by atoms with E-state index in [1.807, 2.05) is 6.07 Å². The Balaban J connectivity index is 2.13. The van der Waals surface area contributed by atoms with E-state index in [1.54, 1.807) is 6.07 Å². The number of fused-ring (bicyclic) bond motifs is 1. The molecule has 0 spiro atoms. The molecule has 0 fully saturated rings. The highest BCUT2D eigenvalue weighted by Gasteiger charge is 2.18. The second-order valence-electron chi connectivity index (χ2n) is 4.58. The molecule has 81 valence electrons. The van der Waals surface area contributed by atoms with Crippen LogP contribution in [0.5, 0.6) is 5.75 Å². The van der Waals surface area contributed by atoms with E-state index in [2.05, 4.69) is 24.8 Å². The van der Waals surface area contributed by atoms with Crippen LogP contribution in [0.1, 0.15) is 25.0 Å². The molecule has 0 atom stereocenters. The van der Waals surface area contributed by atoms with Crippen LogP contribution in [0, 0.1) is 5.92 Å². The van der Waals surface area contributed by atoms with Crippen LogP contribution in [0.2, 0.25) is 0 Å². The van der Waals surface area contributed by atoms with Gasteiger partial charge in [-0.05, 0) is 29.5 Å². The van der Waals surface area contributed by atoms with Crippen molar-refractivity contribution >= 4 is 0 Å². The van der Waals surface area contributed by atoms with Gasteiger partial charge in [-0.1, -0.05) is 26.0 Å². The maximum Gasteiger partial charge on any atom is 0.119 e. The van der Waals surface area contributed by atoms with Gasteiger partial charge < -0.3 is 5.11 Å². The Morgan fingerprint density at radius 1 is 1.40 bits per heavy atom. The minimum atomic E-state index is 0.462. The summed E-state index contributed by atoms with van der Waals surface area (Å²) in [4.78, 5) is 2.43. The molecule has 0 saturated heterocycles. The zero-order valence-electron chi connectivity index (χ0n) is 9.45. The fraction of sp³-hybridized carbons (Fsp3) is 0.462. The summed E-state index contributed by atoms with van der Waals surface area (Å²) in [5.74, 6) is 1.91. The van der Waals surface area contributed by atoms with E-state index < -0.39 is 0 Å². The summed E-state index contributed by atoms with van der Waals surface area (Å²) in [6.45, 7) is 7.41. The number of benzene rings is 1. The molecular formula is C13H18NO. The largest absolute Gasteiger partial charge is 0.508 e. The first-order valence-electron chi connectivity index (χ1n) is 5.48. The van der Waals surface area contributed by atoms with E-state index in [4.69, 9.17) is 0 Å². The Kier molecular flexibility index (Phi) is 2.96. The number of phenols is 1. The lowest BCUT2D eigenvalue weighted by atomic mass is 9.98. The van der Waals surface area contributed by atoms with Crippen molar-refractivity contribution in [2.75, 3.05) is 13.1 Å². The Morgan fingerprint density at radius 3 is 2.93 bits per heavy atom. The van der Waals surface area contributed by atoms with E-state index in [1.165, 1.54) is 11.5 Å². The second-order valence-corrected chi connectivity index (χ2v) is 4.58. The molecule has 1 aliphatic rings. The zero-order valence-corrected chi connectivity index (χ0v) is 9.45. The molecule has 0 bridgehead atoms. The van der Waals surface area contributed by atoms with Gasteiger partial charge in [-0.2, -0.15) is 0 Å². The second kappa shape index (κ2) is 4.23. The van der Waals surface area contributed by atoms with E-state index in [0.717, 1.165) is 31.6 Å². The molecule has 1 aromatic carbocycles. The number of aromatic hydroxyl groups is 1. The minimum Gasteiger partial charge on any atom is -0.508 e. The van der Waals surface area contributed by atoms with Gasteiger partial charge in [-0.15, -0.1) is 0 Å². The lowest BCUT2D eigenvalue weighted by molar-refractivity contribution is 0.261. The van der Waals surface area contributed by atoms with Gasteiger partial charge in [0.25, 0.3) is 0 Å². The molecule has 2 heteroatoms. The highest BCUT2D eigenvalue weighted by atomic mass is 16.3. The molecule has 1 radical (unpaired) electrons. The standard InChI is InChI=1S/C13H18NO/c1-10(2)8-14-7-6-12-11(9-14)4-3-5-13(12)15/h3-5,15H,6-9H2,1-2H3. The van der Waals surface area contributed by atoms with Crippen LogP contribution < -0.4 is 0 Å². The molecule has 2 rings (SSSR count). The van der Waals surface area contributed by atoms with Crippen LogP contribution in [0.3, 0.4) is 0 Å². The van der Waals surface area contributed by atoms with E-state index in [-0.39, 0.29) is 0 Å². The third-order valence-corrected chi connectivity index (χ3v) is 2.86. The van der Waals surface area contributed by atoms with Crippen molar-refractivity contribution in [2.45, 2.75) is 26.8 Å². The van der Waals surface area contributed by atoms with Gasteiger partial charge in [0.15, 0.2) is 0 Å². The predicted octanol–water partition coefficient (Wildman–Crippen LogP) is 2.36. The Labute approximate surface area is 91.5 Å². The van der Waals surface area contributed by atoms with Crippen molar-refractivity contribution in [3.8, 4) is 5.75 Å². The molecule has 0 aromatic heterocycles. The summed E-state index contributed by atoms with van der Waals surface area (Å²) in [5.41, 5.74) is 2.42. The van der Waals surface area contributed by atoms with Gasteiger partial charge in [0, 0.05) is 19.6 Å². The highest BCUT2D eigenvalue weighted by Crippen LogP contribution is 2.27. The lowest BCUT2D eigenvalue weighted by Crippen LogP contribution is -2.32. The molecule has 1 aromatic rings. The molecular weight excluding hydrogens is 186 g/mol. The van der Waals surface area contributed by atoms with Crippen LogP contribution in [-0.2, 0) is 13.0 Å². The molecule has 15 heavy (non-hydrogen) atoms. The van der Waals surface area contributed by atoms with E-state index in [9.17, 15) is 5.11 Å². The maximum absolute atomic E-state index is 9.70. The molecule has 2 nitrogen and oxygen atoms in total. The van der Waals surface area contributed by atoms with Crippen LogP contribution in [0.4, 0.5) is 0 Å². The third-order valence-electron chi connectivity index (χ3n) is 2.86. The first-order valence-corrected chi connectivity index (χ1v) is 5.48. The highest BCUT2D eigenvalue weighted by molar-refractivity contribution is 5.40. The molecule has 0 saturated carbocycles. The Bertz CT molecular complexity index is 346. The summed E-state index contributed by atoms with van der Waals surface area (Å²) in [7, 11) is 0. The number of hydrogen-bond donors (Lipinski definition) is 1. The van der Waals surface area contributed by atoms with Crippen LogP contribution >= 0.6 is 0 Å². The number of rotatable bonds is 2. The summed E-state index contributed by atoms with van der Waals surface area (Å²) in [6.07, 6.45) is 0.968. The molecule has 0 unspecified atom stereocenters. The average Bonchev–Trinajstić information content (AvgIpc) is 2.17. The summed E-state index contributed by atoms with van der Waals surface area (Å²) < 4.78 is 0. The van der Waals surface area contributed by atoms with Gasteiger partial charge >= 0.3 is 0 Å². The first-order chi connectivity index (χ1) is 7.16.